The highest BCUT2D eigenvalue weighted by atomic mass is 33.1. The fourth-order valence-electron chi connectivity index (χ4n) is 9.58. The minimum atomic E-state index is -1.78. The molecule has 0 saturated carbocycles. The van der Waals surface area contributed by atoms with Crippen molar-refractivity contribution in [1.82, 2.24) is 47.1 Å². The van der Waals surface area contributed by atoms with Crippen molar-refractivity contribution in [2.45, 2.75) is 163 Å². The maximum atomic E-state index is 15.3. The number of guanidine groups is 1. The number of nitrogens with two attached hydrogens (primary N) is 5. The van der Waals surface area contributed by atoms with Crippen LogP contribution in [-0.2, 0) is 64.0 Å². The fraction of sp³-hybridized carbons (Fsp3) is 0.604. The summed E-state index contributed by atoms with van der Waals surface area (Å²) >= 11 is 1.70. The number of aliphatic carboxylic acids is 1. The van der Waals surface area contributed by atoms with Gasteiger partial charge in [0.25, 0.3) is 5.97 Å². The van der Waals surface area contributed by atoms with Crippen molar-refractivity contribution in [2.75, 3.05) is 31.1 Å². The molecule has 1 aromatic carbocycles. The number of amides is 11. The van der Waals surface area contributed by atoms with Gasteiger partial charge in [0, 0.05) is 65.9 Å². The van der Waals surface area contributed by atoms with Gasteiger partial charge in [-0.25, -0.2) is 0 Å². The van der Waals surface area contributed by atoms with Crippen LogP contribution in [0.1, 0.15) is 111 Å². The molecule has 84 heavy (non-hydrogen) atoms. The fourth-order valence-corrected chi connectivity index (χ4v) is 14.5. The minimum absolute atomic E-state index is 0.0146. The first-order valence-electron chi connectivity index (χ1n) is 27.6. The Bertz CT molecular complexity index is 2750. The number of aliphatic imine (C=N–C) groups is 1. The average molecular weight is 1230 g/mol. The third-order valence-corrected chi connectivity index (χ3v) is 19.5. The van der Waals surface area contributed by atoms with Gasteiger partial charge in [0.1, 0.15) is 42.3 Å². The SMILES string of the molecule is CC(=O)O.CC[C@H](C)[C@@H]1NC(=O)[C@@H](Cc2c[nH]c3ccccc23)NC(=O)CC2(CCSCC2)SSC(C)(C)[C@@H](C(=O)N2CCC[C@H]2C(=O)N[C@@H](CCCN=C(N)N)C(=O)NCC(N)=O)NC(=O)[C@H](CC(N)=O)NC(=O)[C@H](CCC(N)=O)NC1=O. The van der Waals surface area contributed by atoms with Gasteiger partial charge in [0.15, 0.2) is 5.96 Å². The van der Waals surface area contributed by atoms with Crippen LogP contribution in [-0.4, -0.2) is 175 Å². The molecule has 464 valence electrons. The Morgan fingerprint density at radius 1 is 0.833 bits per heavy atom. The molecule has 3 aliphatic heterocycles. The normalized spacial score (nSPS) is 23.1. The lowest BCUT2D eigenvalue weighted by atomic mass is 9.95. The zero-order valence-electron chi connectivity index (χ0n) is 47.9. The van der Waals surface area contributed by atoms with E-state index < -0.39 is 148 Å². The van der Waals surface area contributed by atoms with Gasteiger partial charge in [-0.3, -0.25) is 62.5 Å². The number of aromatic nitrogens is 1. The maximum absolute atomic E-state index is 15.3. The second kappa shape index (κ2) is 32.7. The third kappa shape index (κ3) is 21.4. The quantitative estimate of drug-likeness (QED) is 0.0325. The number of nitrogens with zero attached hydrogens (tertiary/aromatic N) is 2. The van der Waals surface area contributed by atoms with Crippen LogP contribution in [0.25, 0.3) is 10.9 Å². The van der Waals surface area contributed by atoms with E-state index in [0.29, 0.717) is 42.8 Å². The minimum Gasteiger partial charge on any atom is -0.481 e. The third-order valence-electron chi connectivity index (χ3n) is 14.3. The first kappa shape index (κ1) is 69.2. The highest BCUT2D eigenvalue weighted by molar-refractivity contribution is 8.77. The van der Waals surface area contributed by atoms with Gasteiger partial charge in [-0.05, 0) is 87.8 Å². The number of hydrogen-bond acceptors (Lipinski definition) is 16. The van der Waals surface area contributed by atoms with Crippen molar-refractivity contribution in [3.05, 3.63) is 36.0 Å². The van der Waals surface area contributed by atoms with Crippen LogP contribution in [0.4, 0.5) is 0 Å². The number of thioether (sulfide) groups is 1. The Balaban J connectivity index is 0.00000366. The van der Waals surface area contributed by atoms with E-state index in [2.05, 4.69) is 47.2 Å². The number of H-pyrrole nitrogens is 1. The van der Waals surface area contributed by atoms with Crippen LogP contribution in [0.2, 0.25) is 0 Å². The second-order valence-corrected chi connectivity index (χ2v) is 25.9. The Morgan fingerprint density at radius 2 is 1.48 bits per heavy atom. The van der Waals surface area contributed by atoms with Crippen LogP contribution in [0, 0.1) is 5.92 Å². The number of carboxylic acid groups (broad SMARTS) is 1. The van der Waals surface area contributed by atoms with Crippen LogP contribution in [0.3, 0.4) is 0 Å². The molecule has 8 atom stereocenters. The van der Waals surface area contributed by atoms with Crippen molar-refractivity contribution in [3.8, 4) is 0 Å². The van der Waals surface area contributed by atoms with Crippen LogP contribution in [0.5, 0.6) is 0 Å². The number of benzene rings is 1. The molecular weight excluding hydrogens is 1150 g/mol. The molecule has 1 spiro atoms. The number of aromatic amines is 1. The summed E-state index contributed by atoms with van der Waals surface area (Å²) in [5, 5.41) is 27.0. The standard InChI is InChI=1S/C51H77N15O11S3.C2H4O2/c1-5-27(2)40-47(76)62-32(14-15-36(52)67)43(72)63-34(23-37(53)68)45(74)65-41(48(77)66-19-9-13-35(66)46(75)61-31(12-8-18-57-49(55)56)42(71)59-26-38(54)69)50(3,4)79-80-51(16-20-78-21-17-51)24-39(70)60-33(44(73)64-40)22-28-25-58-30-11-7-6-10-29(28)30;1-2(3)4/h6-7,10-11,25,27,31-35,40-41,58H,5,8-9,12-24,26H2,1-4H3,(H2,52,67)(H2,53,68)(H2,54,69)(H,59,71)(H,60,70)(H,61,75)(H,62,76)(H,63,72)(H,64,73)(H,65,74)(H4,55,56,57);1H3,(H,3,4)/t27-,31-,32-,33+,34-,35-,40-,41+;/m0./s1. The summed E-state index contributed by atoms with van der Waals surface area (Å²) in [7, 11) is 2.55. The number of nitrogens with one attached hydrogen (secondary N) is 8. The van der Waals surface area contributed by atoms with E-state index in [1.165, 1.54) is 26.5 Å². The van der Waals surface area contributed by atoms with Crippen LogP contribution in [0.15, 0.2) is 35.5 Å². The van der Waals surface area contributed by atoms with E-state index in [0.717, 1.165) is 17.8 Å². The van der Waals surface area contributed by atoms with Crippen molar-refractivity contribution in [1.29, 1.82) is 0 Å². The molecule has 11 amide bonds. The van der Waals surface area contributed by atoms with Crippen LogP contribution < -0.4 is 65.9 Å². The average Bonchev–Trinajstić information content (AvgIpc) is 4.20. The first-order valence-corrected chi connectivity index (χ1v) is 30.9. The van der Waals surface area contributed by atoms with Gasteiger partial charge in [-0.15, -0.1) is 0 Å². The molecule has 5 rings (SSSR count). The molecule has 19 N–H and O–H groups in total. The highest BCUT2D eigenvalue weighted by Gasteiger charge is 2.48. The molecule has 3 saturated heterocycles. The first-order chi connectivity index (χ1) is 39.6. The Morgan fingerprint density at radius 3 is 2.11 bits per heavy atom. The summed E-state index contributed by atoms with van der Waals surface area (Å²) in [4.78, 5) is 170. The predicted octanol–water partition coefficient (Wildman–Crippen LogP) is -1.63. The van der Waals surface area contributed by atoms with Gasteiger partial charge in [-0.2, -0.15) is 11.8 Å². The largest absolute Gasteiger partial charge is 0.481 e. The summed E-state index contributed by atoms with van der Waals surface area (Å²) in [5.41, 5.74) is 28.9. The number of carbonyl (C=O) groups is 12. The molecule has 0 aliphatic carbocycles. The second-order valence-electron chi connectivity index (χ2n) is 21.4. The number of rotatable bonds is 19. The molecular formula is C53H81N15O13S3. The number of para-hydroxylation sites is 1. The van der Waals surface area contributed by atoms with E-state index in [1.54, 1.807) is 45.7 Å². The number of likely N-dealkylation sites (tertiary alicyclic amines) is 1. The molecule has 3 aliphatic rings. The molecule has 4 heterocycles. The van der Waals surface area contributed by atoms with E-state index >= 15 is 4.79 Å². The monoisotopic (exact) mass is 1230 g/mol. The molecule has 1 aromatic heterocycles. The van der Waals surface area contributed by atoms with Gasteiger partial charge in [0.2, 0.25) is 65.0 Å². The summed E-state index contributed by atoms with van der Waals surface area (Å²) in [6.45, 7) is 7.54. The van der Waals surface area contributed by atoms with Crippen LogP contribution >= 0.6 is 33.3 Å². The zero-order valence-corrected chi connectivity index (χ0v) is 50.3. The number of primary amides is 3. The highest BCUT2D eigenvalue weighted by Crippen LogP contribution is 2.52. The Labute approximate surface area is 498 Å². The maximum Gasteiger partial charge on any atom is 0.300 e. The number of carbonyl (C=O) groups excluding carboxylic acids is 11. The molecule has 0 radical (unpaired) electrons. The van der Waals surface area contributed by atoms with E-state index in [9.17, 15) is 47.9 Å². The molecule has 31 heteroatoms. The lowest BCUT2D eigenvalue weighted by Gasteiger charge is -2.41. The topological polar surface area (TPSA) is 471 Å². The van der Waals surface area contributed by atoms with Gasteiger partial charge in [0.05, 0.1) is 13.0 Å². The summed E-state index contributed by atoms with van der Waals surface area (Å²) < 4.78 is -2.12. The zero-order chi connectivity index (χ0) is 62.5. The van der Waals surface area contributed by atoms with Crippen molar-refractivity contribution in [3.63, 3.8) is 0 Å². The summed E-state index contributed by atoms with van der Waals surface area (Å²) in [6, 6.07) is -2.38. The summed E-state index contributed by atoms with van der Waals surface area (Å²) in [5.74, 6) is -9.24. The van der Waals surface area contributed by atoms with Gasteiger partial charge >= 0.3 is 0 Å². The van der Waals surface area contributed by atoms with Gasteiger partial charge in [-0.1, -0.05) is 60.1 Å². The molecule has 2 aromatic rings. The molecule has 0 bridgehead atoms. The van der Waals surface area contributed by atoms with Gasteiger partial charge < -0.3 is 80.9 Å². The molecule has 0 unspecified atom stereocenters. The Kier molecular flexibility index (Phi) is 26.9. The molecule has 28 nitrogen and oxygen atoms in total. The van der Waals surface area contributed by atoms with Crippen molar-refractivity contribution < 1.29 is 62.6 Å². The number of carboxylic acids is 1. The van der Waals surface area contributed by atoms with E-state index in [-0.39, 0.29) is 57.6 Å². The summed E-state index contributed by atoms with van der Waals surface area (Å²) in [6.07, 6.45) is 2.18. The lowest BCUT2D eigenvalue weighted by molar-refractivity contribution is -0.143. The number of hydrogen-bond donors (Lipinski definition) is 14. The van der Waals surface area contributed by atoms with Crippen molar-refractivity contribution in [2.24, 2.45) is 39.6 Å². The predicted molar refractivity (Wildman–Crippen MR) is 319 cm³/mol. The van der Waals surface area contributed by atoms with Crippen molar-refractivity contribution >= 4 is 121 Å². The Hall–Kier alpha value is -7.28. The molecule has 3 fully saturated rings. The van der Waals surface area contributed by atoms with E-state index in [1.807, 2.05) is 24.3 Å². The lowest BCUT2D eigenvalue weighted by Crippen LogP contribution is -2.64. The smallest absolute Gasteiger partial charge is 0.300 e. The number of fused-ring (bicyclic) bond motifs is 1. The van der Waals surface area contributed by atoms with E-state index in [4.69, 9.17) is 38.6 Å².